The van der Waals surface area contributed by atoms with E-state index in [0.717, 1.165) is 54.0 Å². The van der Waals surface area contributed by atoms with E-state index in [2.05, 4.69) is 36.7 Å². The van der Waals surface area contributed by atoms with Crippen LogP contribution in [-0.2, 0) is 22.4 Å². The summed E-state index contributed by atoms with van der Waals surface area (Å²) in [4.78, 5) is 26.4. The fourth-order valence-corrected chi connectivity index (χ4v) is 5.69. The number of carbonyl (C=O) groups excluding carboxylic acids is 1. The highest BCUT2D eigenvalue weighted by atomic mass is 19.1. The van der Waals surface area contributed by atoms with Gasteiger partial charge in [0.15, 0.2) is 5.82 Å². The first-order chi connectivity index (χ1) is 19.4. The second kappa shape index (κ2) is 12.4. The van der Waals surface area contributed by atoms with Crippen LogP contribution in [0.2, 0.25) is 0 Å². The average Bonchev–Trinajstić information content (AvgIpc) is 3.14. The first-order valence-corrected chi connectivity index (χ1v) is 14.3. The predicted molar refractivity (Wildman–Crippen MR) is 150 cm³/mol. The number of carbonyl (C=O) groups is 1. The Balaban J connectivity index is 1.53. The van der Waals surface area contributed by atoms with E-state index in [1.165, 1.54) is 13.2 Å². The standard InChI is InChI=1S/C30H39FN6O3/c1-5-6-7-27(36-13-12-35(20(2)3)19-28(36)38)25-16-21(8-11-32-25)29-23-9-14-40-15-10-26(23)37(34-29)22-17-24(31)30(39-4)33-18-22/h8,11,16-18,20,27H,5-7,9-10,12-15,19H2,1-4H3. The molecule has 0 spiro atoms. The van der Waals surface area contributed by atoms with Gasteiger partial charge in [0.25, 0.3) is 0 Å². The van der Waals surface area contributed by atoms with Gasteiger partial charge < -0.3 is 14.4 Å². The summed E-state index contributed by atoms with van der Waals surface area (Å²) in [6, 6.07) is 5.69. The van der Waals surface area contributed by atoms with Crippen LogP contribution in [0.4, 0.5) is 4.39 Å². The lowest BCUT2D eigenvalue weighted by Gasteiger charge is -2.40. The largest absolute Gasteiger partial charge is 0.479 e. The average molecular weight is 551 g/mol. The van der Waals surface area contributed by atoms with Gasteiger partial charge in [0.05, 0.1) is 61.9 Å². The molecule has 0 aliphatic carbocycles. The van der Waals surface area contributed by atoms with Gasteiger partial charge in [-0.3, -0.25) is 14.7 Å². The molecule has 1 saturated heterocycles. The van der Waals surface area contributed by atoms with Crippen LogP contribution in [-0.4, -0.2) is 81.5 Å². The third-order valence-electron chi connectivity index (χ3n) is 7.92. The van der Waals surface area contributed by atoms with Crippen LogP contribution in [0.15, 0.2) is 30.6 Å². The number of ether oxygens (including phenoxy) is 2. The second-order valence-electron chi connectivity index (χ2n) is 10.8. The molecule has 0 N–H and O–H groups in total. The molecule has 9 nitrogen and oxygen atoms in total. The van der Waals surface area contributed by atoms with Crippen LogP contribution >= 0.6 is 0 Å². The Labute approximate surface area is 235 Å². The molecule has 0 saturated carbocycles. The molecule has 3 aromatic heterocycles. The fourth-order valence-electron chi connectivity index (χ4n) is 5.69. The summed E-state index contributed by atoms with van der Waals surface area (Å²) in [7, 11) is 1.40. The van der Waals surface area contributed by atoms with Crippen molar-refractivity contribution in [2.24, 2.45) is 0 Å². The van der Waals surface area contributed by atoms with Crippen molar-refractivity contribution in [1.82, 2.24) is 29.5 Å². The SMILES string of the molecule is CCCCC(c1cc(-c2nn(-c3cnc(OC)c(F)c3)c3c2CCOCC3)ccn1)N1CCN(C(C)C)CC1=O. The van der Waals surface area contributed by atoms with Crippen molar-refractivity contribution < 1.29 is 18.7 Å². The van der Waals surface area contributed by atoms with Gasteiger partial charge in [0, 0.05) is 48.9 Å². The maximum Gasteiger partial charge on any atom is 0.250 e. The van der Waals surface area contributed by atoms with E-state index in [4.69, 9.17) is 19.6 Å². The summed E-state index contributed by atoms with van der Waals surface area (Å²) < 4.78 is 27.2. The van der Waals surface area contributed by atoms with Crippen LogP contribution in [0.25, 0.3) is 16.9 Å². The first kappa shape index (κ1) is 28.2. The van der Waals surface area contributed by atoms with Crippen molar-refractivity contribution >= 4 is 5.91 Å². The minimum absolute atomic E-state index is 0.0498. The molecular weight excluding hydrogens is 511 g/mol. The van der Waals surface area contributed by atoms with Crippen LogP contribution in [0.1, 0.15) is 63.0 Å². The molecule has 2 aliphatic heterocycles. The fraction of sp³-hybridized carbons (Fsp3) is 0.533. The number of halogens is 1. The number of amides is 1. The Morgan fingerprint density at radius 1 is 1.15 bits per heavy atom. The van der Waals surface area contributed by atoms with Gasteiger partial charge in [-0.15, -0.1) is 0 Å². The van der Waals surface area contributed by atoms with E-state index >= 15 is 0 Å². The number of pyridine rings is 2. The van der Waals surface area contributed by atoms with Gasteiger partial charge in [-0.05, 0) is 38.8 Å². The molecule has 2 aliphatic rings. The summed E-state index contributed by atoms with van der Waals surface area (Å²) in [6.45, 7) is 9.56. The van der Waals surface area contributed by atoms with Crippen molar-refractivity contribution in [3.8, 4) is 22.8 Å². The van der Waals surface area contributed by atoms with E-state index in [1.807, 2.05) is 17.2 Å². The third-order valence-corrected chi connectivity index (χ3v) is 7.92. The minimum Gasteiger partial charge on any atom is -0.479 e. The second-order valence-corrected chi connectivity index (χ2v) is 10.8. The normalized spacial score (nSPS) is 17.1. The molecule has 0 radical (unpaired) electrons. The molecule has 214 valence electrons. The van der Waals surface area contributed by atoms with Crippen LogP contribution in [0.5, 0.6) is 5.88 Å². The molecule has 5 rings (SSSR count). The van der Waals surface area contributed by atoms with Crippen molar-refractivity contribution in [2.45, 2.75) is 65.0 Å². The summed E-state index contributed by atoms with van der Waals surface area (Å²) in [5.41, 5.74) is 5.23. The number of methoxy groups -OCH3 is 1. The molecular formula is C30H39FN6O3. The molecule has 3 aromatic rings. The molecule has 1 fully saturated rings. The number of aromatic nitrogens is 4. The highest BCUT2D eigenvalue weighted by Gasteiger charge is 2.32. The van der Waals surface area contributed by atoms with Gasteiger partial charge in [0.1, 0.15) is 0 Å². The van der Waals surface area contributed by atoms with Crippen molar-refractivity contribution in [2.75, 3.05) is 40.0 Å². The quantitative estimate of drug-likeness (QED) is 0.391. The summed E-state index contributed by atoms with van der Waals surface area (Å²) in [6.07, 6.45) is 7.65. The number of rotatable bonds is 9. The monoisotopic (exact) mass is 550 g/mol. The Morgan fingerprint density at radius 2 is 1.98 bits per heavy atom. The number of nitrogens with zero attached hydrogens (tertiary/aromatic N) is 6. The van der Waals surface area contributed by atoms with E-state index in [1.54, 1.807) is 10.9 Å². The van der Waals surface area contributed by atoms with Crippen LogP contribution in [0, 0.1) is 5.82 Å². The van der Waals surface area contributed by atoms with Gasteiger partial charge in [-0.1, -0.05) is 19.8 Å². The Kier molecular flexibility index (Phi) is 8.75. The maximum atomic E-state index is 14.6. The number of unbranched alkanes of at least 4 members (excludes halogenated alkanes) is 1. The summed E-state index contributed by atoms with van der Waals surface area (Å²) in [5, 5.41) is 4.99. The minimum atomic E-state index is -0.539. The van der Waals surface area contributed by atoms with E-state index in [0.29, 0.717) is 50.9 Å². The van der Waals surface area contributed by atoms with Gasteiger partial charge in [-0.2, -0.15) is 5.10 Å². The number of hydrogen-bond acceptors (Lipinski definition) is 7. The lowest BCUT2D eigenvalue weighted by molar-refractivity contribution is -0.140. The highest BCUT2D eigenvalue weighted by molar-refractivity contribution is 5.79. The van der Waals surface area contributed by atoms with Crippen molar-refractivity contribution in [3.63, 3.8) is 0 Å². The zero-order valence-electron chi connectivity index (χ0n) is 23.9. The molecule has 40 heavy (non-hydrogen) atoms. The molecule has 1 amide bonds. The molecule has 0 bridgehead atoms. The maximum absolute atomic E-state index is 14.6. The van der Waals surface area contributed by atoms with Gasteiger partial charge >= 0.3 is 0 Å². The van der Waals surface area contributed by atoms with Crippen molar-refractivity contribution in [1.29, 1.82) is 0 Å². The van der Waals surface area contributed by atoms with E-state index < -0.39 is 5.82 Å². The molecule has 1 atom stereocenters. The molecule has 0 aromatic carbocycles. The Hall–Kier alpha value is -3.37. The van der Waals surface area contributed by atoms with E-state index in [9.17, 15) is 9.18 Å². The van der Waals surface area contributed by atoms with Crippen LogP contribution in [0.3, 0.4) is 0 Å². The zero-order chi connectivity index (χ0) is 28.2. The lowest BCUT2D eigenvalue weighted by Crippen LogP contribution is -2.53. The summed E-state index contributed by atoms with van der Waals surface area (Å²) >= 11 is 0. The highest BCUT2D eigenvalue weighted by Crippen LogP contribution is 2.34. The summed E-state index contributed by atoms with van der Waals surface area (Å²) in [5.74, 6) is -0.438. The smallest absolute Gasteiger partial charge is 0.250 e. The van der Waals surface area contributed by atoms with Gasteiger partial charge in [0.2, 0.25) is 11.8 Å². The number of hydrogen-bond donors (Lipinski definition) is 0. The number of fused-ring (bicyclic) bond motifs is 1. The predicted octanol–water partition coefficient (Wildman–Crippen LogP) is 4.38. The van der Waals surface area contributed by atoms with Crippen molar-refractivity contribution in [3.05, 3.63) is 53.4 Å². The Morgan fingerprint density at radius 3 is 2.70 bits per heavy atom. The van der Waals surface area contributed by atoms with Crippen LogP contribution < -0.4 is 4.74 Å². The molecule has 10 heteroatoms. The third kappa shape index (κ3) is 5.74. The topological polar surface area (TPSA) is 85.6 Å². The Bertz CT molecular complexity index is 1340. The first-order valence-electron chi connectivity index (χ1n) is 14.3. The zero-order valence-corrected chi connectivity index (χ0v) is 23.9. The lowest BCUT2D eigenvalue weighted by atomic mass is 9.98. The molecule has 1 unspecified atom stereocenters. The number of piperazine rings is 1. The van der Waals surface area contributed by atoms with E-state index in [-0.39, 0.29) is 17.8 Å². The van der Waals surface area contributed by atoms with Gasteiger partial charge in [-0.25, -0.2) is 14.1 Å². The molecule has 5 heterocycles.